The van der Waals surface area contributed by atoms with Crippen LogP contribution in [0.3, 0.4) is 0 Å². The Morgan fingerprint density at radius 1 is 0.828 bits per heavy atom. The minimum Gasteiger partial charge on any atom is -0.436 e. The summed E-state index contributed by atoms with van der Waals surface area (Å²) in [6.07, 6.45) is 0. The van der Waals surface area contributed by atoms with Crippen molar-refractivity contribution < 1.29 is 9.21 Å². The molecule has 5 aromatic rings. The van der Waals surface area contributed by atoms with E-state index in [0.717, 1.165) is 31.9 Å². The predicted molar refractivity (Wildman–Crippen MR) is 119 cm³/mol. The van der Waals surface area contributed by atoms with Crippen molar-refractivity contribution in [2.24, 2.45) is 0 Å². The van der Waals surface area contributed by atoms with Gasteiger partial charge in [0.15, 0.2) is 5.58 Å². The number of aromatic nitrogens is 1. The molecular formula is C24H15BrN2O2. The Morgan fingerprint density at radius 2 is 1.59 bits per heavy atom. The Bertz CT molecular complexity index is 1320. The standard InChI is InChI=1S/C24H15BrN2O2/c25-20-8-4-5-17-18(20)6-3-7-19(17)23(28)26-16-13-11-15(12-14-16)24-27-21-9-1-2-10-22(21)29-24/h1-14H,(H,26,28). The van der Waals surface area contributed by atoms with Gasteiger partial charge in [0, 0.05) is 21.3 Å². The summed E-state index contributed by atoms with van der Waals surface area (Å²) >= 11 is 3.54. The van der Waals surface area contributed by atoms with Gasteiger partial charge in [-0.3, -0.25) is 4.79 Å². The predicted octanol–water partition coefficient (Wildman–Crippen LogP) is 6.66. The molecular weight excluding hydrogens is 428 g/mol. The van der Waals surface area contributed by atoms with Crippen LogP contribution >= 0.6 is 15.9 Å². The fourth-order valence-electron chi connectivity index (χ4n) is 3.36. The number of fused-ring (bicyclic) bond motifs is 2. The van der Waals surface area contributed by atoms with Gasteiger partial charge in [-0.2, -0.15) is 0 Å². The summed E-state index contributed by atoms with van der Waals surface area (Å²) < 4.78 is 6.77. The Labute approximate surface area is 175 Å². The lowest BCUT2D eigenvalue weighted by atomic mass is 10.0. The topological polar surface area (TPSA) is 55.1 Å². The van der Waals surface area contributed by atoms with Gasteiger partial charge >= 0.3 is 0 Å². The van der Waals surface area contributed by atoms with Crippen LogP contribution in [-0.4, -0.2) is 10.9 Å². The molecule has 0 unspecified atom stereocenters. The summed E-state index contributed by atoms with van der Waals surface area (Å²) in [4.78, 5) is 17.4. The van der Waals surface area contributed by atoms with Crippen LogP contribution in [-0.2, 0) is 0 Å². The summed E-state index contributed by atoms with van der Waals surface area (Å²) in [6.45, 7) is 0. The van der Waals surface area contributed by atoms with Crippen LogP contribution in [0.25, 0.3) is 33.3 Å². The van der Waals surface area contributed by atoms with E-state index in [2.05, 4.69) is 26.2 Å². The Balaban J connectivity index is 1.41. The Kier molecular flexibility index (Phi) is 4.37. The van der Waals surface area contributed by atoms with Crippen LogP contribution in [0.4, 0.5) is 5.69 Å². The van der Waals surface area contributed by atoms with Crippen LogP contribution in [0.1, 0.15) is 10.4 Å². The molecule has 0 aliphatic heterocycles. The van der Waals surface area contributed by atoms with E-state index in [4.69, 9.17) is 4.42 Å². The van der Waals surface area contributed by atoms with Gasteiger partial charge in [0.05, 0.1) is 0 Å². The van der Waals surface area contributed by atoms with Crippen molar-refractivity contribution in [3.63, 3.8) is 0 Å². The van der Waals surface area contributed by atoms with Crippen molar-refractivity contribution in [3.05, 3.63) is 95.0 Å². The average molecular weight is 443 g/mol. The zero-order valence-corrected chi connectivity index (χ0v) is 16.8. The van der Waals surface area contributed by atoms with E-state index >= 15 is 0 Å². The molecule has 5 rings (SSSR count). The van der Waals surface area contributed by atoms with E-state index < -0.39 is 0 Å². The van der Waals surface area contributed by atoms with Crippen LogP contribution in [0, 0.1) is 0 Å². The highest BCUT2D eigenvalue weighted by molar-refractivity contribution is 9.10. The summed E-state index contributed by atoms with van der Waals surface area (Å²) in [6, 6.07) is 26.7. The van der Waals surface area contributed by atoms with Crippen molar-refractivity contribution in [3.8, 4) is 11.5 Å². The smallest absolute Gasteiger partial charge is 0.256 e. The molecule has 140 valence electrons. The summed E-state index contributed by atoms with van der Waals surface area (Å²) in [7, 11) is 0. The number of carbonyl (C=O) groups is 1. The molecule has 0 saturated heterocycles. The third kappa shape index (κ3) is 3.30. The molecule has 0 atom stereocenters. The summed E-state index contributed by atoms with van der Waals surface area (Å²) in [5.74, 6) is 0.409. The first-order valence-electron chi connectivity index (χ1n) is 9.14. The molecule has 0 saturated carbocycles. The normalized spacial score (nSPS) is 11.1. The van der Waals surface area contributed by atoms with Gasteiger partial charge in [0.1, 0.15) is 5.52 Å². The van der Waals surface area contributed by atoms with E-state index in [1.54, 1.807) is 0 Å². The maximum Gasteiger partial charge on any atom is 0.256 e. The molecule has 1 heterocycles. The van der Waals surface area contributed by atoms with Crippen molar-refractivity contribution >= 4 is 49.4 Å². The summed E-state index contributed by atoms with van der Waals surface area (Å²) in [5.41, 5.74) is 3.77. The number of nitrogens with zero attached hydrogens (tertiary/aromatic N) is 1. The van der Waals surface area contributed by atoms with Gasteiger partial charge in [0.2, 0.25) is 5.89 Å². The number of amides is 1. The van der Waals surface area contributed by atoms with Gasteiger partial charge in [-0.25, -0.2) is 4.98 Å². The maximum absolute atomic E-state index is 12.9. The molecule has 29 heavy (non-hydrogen) atoms. The molecule has 4 aromatic carbocycles. The number of anilines is 1. The third-order valence-electron chi connectivity index (χ3n) is 4.80. The second-order valence-corrected chi connectivity index (χ2v) is 7.51. The number of rotatable bonds is 3. The SMILES string of the molecule is O=C(Nc1ccc(-c2nc3ccccc3o2)cc1)c1cccc2c(Br)cccc12. The summed E-state index contributed by atoms with van der Waals surface area (Å²) in [5, 5.41) is 4.88. The average Bonchev–Trinajstić information content (AvgIpc) is 3.18. The molecule has 0 aliphatic carbocycles. The molecule has 0 radical (unpaired) electrons. The highest BCUT2D eigenvalue weighted by atomic mass is 79.9. The molecule has 4 nitrogen and oxygen atoms in total. The molecule has 1 amide bonds. The lowest BCUT2D eigenvalue weighted by molar-refractivity contribution is 0.102. The first-order chi connectivity index (χ1) is 14.2. The number of oxazole rings is 1. The van der Waals surface area contributed by atoms with Crippen LogP contribution in [0.2, 0.25) is 0 Å². The number of hydrogen-bond donors (Lipinski definition) is 1. The monoisotopic (exact) mass is 442 g/mol. The number of carbonyl (C=O) groups excluding carboxylic acids is 1. The largest absolute Gasteiger partial charge is 0.436 e. The van der Waals surface area contributed by atoms with Crippen molar-refractivity contribution in [1.29, 1.82) is 0 Å². The van der Waals surface area contributed by atoms with Gasteiger partial charge in [-0.05, 0) is 59.3 Å². The Hall–Kier alpha value is -3.44. The van der Waals surface area contributed by atoms with Gasteiger partial charge in [-0.15, -0.1) is 0 Å². The molecule has 0 spiro atoms. The molecule has 0 bridgehead atoms. The van der Waals surface area contributed by atoms with E-state index in [-0.39, 0.29) is 5.91 Å². The van der Waals surface area contributed by atoms with Gasteiger partial charge in [-0.1, -0.05) is 52.3 Å². The second kappa shape index (κ2) is 7.18. The van der Waals surface area contributed by atoms with Crippen LogP contribution < -0.4 is 5.32 Å². The number of halogens is 1. The minimum atomic E-state index is -0.150. The number of hydrogen-bond acceptors (Lipinski definition) is 3. The van der Waals surface area contributed by atoms with Crippen molar-refractivity contribution in [2.45, 2.75) is 0 Å². The van der Waals surface area contributed by atoms with Gasteiger partial charge < -0.3 is 9.73 Å². The molecule has 5 heteroatoms. The fraction of sp³-hybridized carbons (Fsp3) is 0. The molecule has 0 aliphatic rings. The van der Waals surface area contributed by atoms with Crippen molar-refractivity contribution in [1.82, 2.24) is 4.98 Å². The number of benzene rings is 4. The maximum atomic E-state index is 12.9. The van der Waals surface area contributed by atoms with E-state index in [9.17, 15) is 4.79 Å². The fourth-order valence-corrected chi connectivity index (χ4v) is 3.86. The highest BCUT2D eigenvalue weighted by Gasteiger charge is 2.12. The third-order valence-corrected chi connectivity index (χ3v) is 5.49. The van der Waals surface area contributed by atoms with Crippen LogP contribution in [0.5, 0.6) is 0 Å². The van der Waals surface area contributed by atoms with E-state index in [1.165, 1.54) is 0 Å². The van der Waals surface area contributed by atoms with E-state index in [0.29, 0.717) is 17.1 Å². The lowest BCUT2D eigenvalue weighted by Crippen LogP contribution is -2.12. The first-order valence-corrected chi connectivity index (χ1v) is 9.93. The Morgan fingerprint density at radius 3 is 2.41 bits per heavy atom. The second-order valence-electron chi connectivity index (χ2n) is 6.66. The molecule has 1 aromatic heterocycles. The quantitative estimate of drug-likeness (QED) is 0.339. The number of nitrogens with one attached hydrogen (secondary N) is 1. The minimum absolute atomic E-state index is 0.150. The number of para-hydroxylation sites is 2. The first kappa shape index (κ1) is 17.6. The molecule has 0 fully saturated rings. The van der Waals surface area contributed by atoms with Gasteiger partial charge in [0.25, 0.3) is 5.91 Å². The van der Waals surface area contributed by atoms with Crippen molar-refractivity contribution in [2.75, 3.05) is 5.32 Å². The zero-order valence-electron chi connectivity index (χ0n) is 15.2. The lowest BCUT2D eigenvalue weighted by Gasteiger charge is -2.09. The zero-order chi connectivity index (χ0) is 19.8. The highest BCUT2D eigenvalue weighted by Crippen LogP contribution is 2.28. The molecule has 1 N–H and O–H groups in total. The van der Waals surface area contributed by atoms with Crippen LogP contribution in [0.15, 0.2) is 93.8 Å². The van der Waals surface area contributed by atoms with E-state index in [1.807, 2.05) is 84.9 Å².